The molecule has 194 valence electrons. The van der Waals surface area contributed by atoms with Crippen LogP contribution in [-0.4, -0.2) is 51.8 Å². The molecule has 3 N–H and O–H groups in total. The van der Waals surface area contributed by atoms with E-state index in [0.29, 0.717) is 12.8 Å². The van der Waals surface area contributed by atoms with Crippen LogP contribution < -0.4 is 10.6 Å². The molecule has 1 aromatic rings. The van der Waals surface area contributed by atoms with E-state index in [1.165, 1.54) is 4.90 Å². The van der Waals surface area contributed by atoms with Gasteiger partial charge in [-0.1, -0.05) is 19.8 Å². The first-order valence-electron chi connectivity index (χ1n) is 12.5. The number of carbonyl (C=O) groups excluding carboxylic acids is 3. The topological polar surface area (TPSA) is 118 Å². The standard InChI is InChI=1S/C25H30F3N5O3/c1-23-7-3-2-4-16(23)19(33(13-23)22(36)17-5-6-18(31-17)25(26,27)28)21(35)30-15(12-29)10-14-11-24(8-9-24)32-20(14)34/h5-6,14-16,19,31H,2-4,7-11,13H2,1H3,(H,30,35)(H,32,34)/t14-,15+,16-,19+,23+/m1/s1. The van der Waals surface area contributed by atoms with Crippen LogP contribution in [0.15, 0.2) is 12.1 Å². The van der Waals surface area contributed by atoms with Crippen LogP contribution in [0.5, 0.6) is 0 Å². The number of amides is 3. The van der Waals surface area contributed by atoms with E-state index in [1.807, 2.05) is 6.92 Å². The number of aromatic nitrogens is 1. The van der Waals surface area contributed by atoms with Crippen molar-refractivity contribution in [3.63, 3.8) is 0 Å². The van der Waals surface area contributed by atoms with Crippen molar-refractivity contribution in [1.82, 2.24) is 20.5 Å². The highest BCUT2D eigenvalue weighted by Crippen LogP contribution is 2.50. The largest absolute Gasteiger partial charge is 0.431 e. The molecule has 11 heteroatoms. The maximum absolute atomic E-state index is 13.6. The van der Waals surface area contributed by atoms with Crippen molar-refractivity contribution in [3.05, 3.63) is 23.5 Å². The number of likely N-dealkylation sites (tertiary alicyclic amines) is 1. The summed E-state index contributed by atoms with van der Waals surface area (Å²) in [7, 11) is 0. The quantitative estimate of drug-likeness (QED) is 0.570. The van der Waals surface area contributed by atoms with Crippen LogP contribution in [0.4, 0.5) is 13.2 Å². The summed E-state index contributed by atoms with van der Waals surface area (Å²) in [6, 6.07) is 2.19. The third-order valence-corrected chi connectivity index (χ3v) is 8.65. The lowest BCUT2D eigenvalue weighted by Crippen LogP contribution is -2.51. The summed E-state index contributed by atoms with van der Waals surface area (Å²) in [6.45, 7) is 2.26. The van der Waals surface area contributed by atoms with E-state index in [2.05, 4.69) is 21.7 Å². The lowest BCUT2D eigenvalue weighted by molar-refractivity contribution is -0.140. The number of H-pyrrole nitrogens is 1. The van der Waals surface area contributed by atoms with E-state index < -0.39 is 35.8 Å². The van der Waals surface area contributed by atoms with Gasteiger partial charge in [0.25, 0.3) is 5.91 Å². The van der Waals surface area contributed by atoms with Gasteiger partial charge in [0.1, 0.15) is 23.5 Å². The fraction of sp³-hybridized carbons (Fsp3) is 0.680. The van der Waals surface area contributed by atoms with Gasteiger partial charge in [0.05, 0.1) is 6.07 Å². The first kappa shape index (κ1) is 24.7. The lowest BCUT2D eigenvalue weighted by atomic mass is 9.67. The first-order valence-corrected chi connectivity index (χ1v) is 12.5. The molecule has 2 aliphatic carbocycles. The monoisotopic (exact) mass is 505 g/mol. The van der Waals surface area contributed by atoms with Gasteiger partial charge in [-0.2, -0.15) is 18.4 Å². The molecular weight excluding hydrogens is 475 g/mol. The Bertz CT molecular complexity index is 1120. The van der Waals surface area contributed by atoms with Gasteiger partial charge in [-0.15, -0.1) is 0 Å². The van der Waals surface area contributed by atoms with E-state index in [-0.39, 0.29) is 47.4 Å². The van der Waals surface area contributed by atoms with Gasteiger partial charge < -0.3 is 20.5 Å². The summed E-state index contributed by atoms with van der Waals surface area (Å²) in [5.41, 5.74) is -1.74. The molecule has 2 aliphatic heterocycles. The van der Waals surface area contributed by atoms with Gasteiger partial charge in [-0.3, -0.25) is 14.4 Å². The lowest BCUT2D eigenvalue weighted by Gasteiger charge is -2.36. The van der Waals surface area contributed by atoms with Crippen LogP contribution in [0.3, 0.4) is 0 Å². The SMILES string of the molecule is C[C@@]12CCCC[C@@H]1[C@@H](C(=O)N[C@H](C#N)C[C@@H]1CC3(CC3)NC1=O)N(C(=O)c1ccc(C(F)(F)F)[nH]1)C2. The molecule has 3 heterocycles. The van der Waals surface area contributed by atoms with E-state index in [1.54, 1.807) is 0 Å². The summed E-state index contributed by atoms with van der Waals surface area (Å²) in [5, 5.41) is 15.5. The highest BCUT2D eigenvalue weighted by molar-refractivity contribution is 5.97. The van der Waals surface area contributed by atoms with Gasteiger partial charge in [0, 0.05) is 18.0 Å². The average molecular weight is 506 g/mol. The smallest absolute Gasteiger partial charge is 0.350 e. The summed E-state index contributed by atoms with van der Waals surface area (Å²) in [6.07, 6.45) is 1.40. The molecule has 4 aliphatic rings. The van der Waals surface area contributed by atoms with Gasteiger partial charge in [-0.25, -0.2) is 0 Å². The predicted octanol–water partition coefficient (Wildman–Crippen LogP) is 3.12. The second kappa shape index (κ2) is 8.53. The fourth-order valence-electron chi connectivity index (χ4n) is 6.56. The summed E-state index contributed by atoms with van der Waals surface area (Å²) < 4.78 is 39.3. The van der Waals surface area contributed by atoms with E-state index >= 15 is 0 Å². The van der Waals surface area contributed by atoms with E-state index in [0.717, 1.165) is 44.2 Å². The van der Waals surface area contributed by atoms with Crippen LogP contribution in [0, 0.1) is 28.6 Å². The molecule has 0 radical (unpaired) electrons. The van der Waals surface area contributed by atoms with Crippen LogP contribution in [0.1, 0.15) is 74.5 Å². The highest BCUT2D eigenvalue weighted by atomic mass is 19.4. The van der Waals surface area contributed by atoms with Crippen molar-refractivity contribution >= 4 is 17.7 Å². The van der Waals surface area contributed by atoms with Crippen molar-refractivity contribution in [2.45, 2.75) is 82.1 Å². The number of aromatic amines is 1. The minimum atomic E-state index is -4.62. The Morgan fingerprint density at radius 1 is 1.28 bits per heavy atom. The van der Waals surface area contributed by atoms with Crippen LogP contribution in [-0.2, 0) is 15.8 Å². The van der Waals surface area contributed by atoms with Crippen LogP contribution >= 0.6 is 0 Å². The van der Waals surface area contributed by atoms with E-state index in [4.69, 9.17) is 0 Å². The molecule has 1 aromatic heterocycles. The molecule has 8 nitrogen and oxygen atoms in total. The highest BCUT2D eigenvalue weighted by Gasteiger charge is 2.56. The molecule has 36 heavy (non-hydrogen) atoms. The van der Waals surface area contributed by atoms with Gasteiger partial charge in [-0.05, 0) is 62.0 Å². The molecule has 3 amide bonds. The molecule has 1 spiro atoms. The molecule has 5 atom stereocenters. The fourth-order valence-corrected chi connectivity index (χ4v) is 6.56. The minimum absolute atomic E-state index is 0.105. The van der Waals surface area contributed by atoms with Crippen molar-refractivity contribution in [2.75, 3.05) is 6.54 Å². The molecule has 0 bridgehead atoms. The normalized spacial score (nSPS) is 31.5. The molecule has 0 aromatic carbocycles. The maximum Gasteiger partial charge on any atom is 0.431 e. The van der Waals surface area contributed by atoms with Crippen molar-refractivity contribution in [2.24, 2.45) is 17.3 Å². The zero-order valence-electron chi connectivity index (χ0n) is 20.1. The third-order valence-electron chi connectivity index (χ3n) is 8.65. The number of fused-ring (bicyclic) bond motifs is 1. The van der Waals surface area contributed by atoms with Crippen molar-refractivity contribution in [1.29, 1.82) is 5.26 Å². The number of hydrogen-bond acceptors (Lipinski definition) is 4. The zero-order valence-corrected chi connectivity index (χ0v) is 20.1. The van der Waals surface area contributed by atoms with Gasteiger partial charge in [0.2, 0.25) is 11.8 Å². The Hall–Kier alpha value is -3.03. The Labute approximate surface area is 207 Å². The summed E-state index contributed by atoms with van der Waals surface area (Å²) >= 11 is 0. The maximum atomic E-state index is 13.6. The van der Waals surface area contributed by atoms with Crippen LogP contribution in [0.2, 0.25) is 0 Å². The van der Waals surface area contributed by atoms with E-state index in [9.17, 15) is 32.8 Å². The molecular formula is C25H30F3N5O3. The Morgan fingerprint density at radius 2 is 2.03 bits per heavy atom. The Kier molecular flexibility index (Phi) is 5.84. The minimum Gasteiger partial charge on any atom is -0.350 e. The Balaban J connectivity index is 1.35. The predicted molar refractivity (Wildman–Crippen MR) is 121 cm³/mol. The number of nitriles is 1. The third kappa shape index (κ3) is 4.35. The second-order valence-electron chi connectivity index (χ2n) is 11.3. The number of nitrogens with zero attached hydrogens (tertiary/aromatic N) is 2. The first-order chi connectivity index (χ1) is 16.9. The van der Waals surface area contributed by atoms with Crippen molar-refractivity contribution < 1.29 is 27.6 Å². The number of halogens is 3. The molecule has 5 rings (SSSR count). The Morgan fingerprint density at radius 3 is 2.64 bits per heavy atom. The number of nitrogens with one attached hydrogen (secondary N) is 3. The second-order valence-corrected chi connectivity index (χ2v) is 11.3. The number of rotatable bonds is 5. The molecule has 0 unspecified atom stereocenters. The van der Waals surface area contributed by atoms with Gasteiger partial charge in [0.15, 0.2) is 0 Å². The number of hydrogen-bond donors (Lipinski definition) is 3. The summed E-state index contributed by atoms with van der Waals surface area (Å²) in [5.74, 6) is -1.80. The molecule has 2 saturated heterocycles. The summed E-state index contributed by atoms with van der Waals surface area (Å²) in [4.78, 5) is 42.8. The number of carbonyl (C=O) groups is 3. The van der Waals surface area contributed by atoms with Crippen molar-refractivity contribution in [3.8, 4) is 6.07 Å². The van der Waals surface area contributed by atoms with Crippen LogP contribution in [0.25, 0.3) is 0 Å². The number of alkyl halides is 3. The zero-order chi connectivity index (χ0) is 25.9. The average Bonchev–Trinajstić information content (AvgIpc) is 3.15. The molecule has 4 fully saturated rings. The van der Waals surface area contributed by atoms with Gasteiger partial charge >= 0.3 is 6.18 Å². The molecule has 2 saturated carbocycles.